The number of aryl methyl sites for hydroxylation is 1. The van der Waals surface area contributed by atoms with Crippen LogP contribution in [0.1, 0.15) is 25.1 Å². The van der Waals surface area contributed by atoms with Gasteiger partial charge in [0.15, 0.2) is 0 Å². The first kappa shape index (κ1) is 19.9. The molecule has 8 heteroatoms. The highest BCUT2D eigenvalue weighted by molar-refractivity contribution is 6.10. The van der Waals surface area contributed by atoms with Crippen molar-refractivity contribution in [2.24, 2.45) is 7.05 Å². The summed E-state index contributed by atoms with van der Waals surface area (Å²) >= 11 is 0. The lowest BCUT2D eigenvalue weighted by atomic mass is 10.1. The van der Waals surface area contributed by atoms with E-state index in [0.717, 1.165) is 49.0 Å². The summed E-state index contributed by atoms with van der Waals surface area (Å²) in [6.45, 7) is 7.49. The van der Waals surface area contributed by atoms with Crippen LogP contribution >= 0.6 is 0 Å². The van der Waals surface area contributed by atoms with Crippen LogP contribution < -0.4 is 14.5 Å². The van der Waals surface area contributed by atoms with Crippen molar-refractivity contribution in [1.82, 2.24) is 19.7 Å². The van der Waals surface area contributed by atoms with Crippen LogP contribution in [-0.2, 0) is 7.05 Å². The van der Waals surface area contributed by atoms with E-state index in [1.165, 1.54) is 0 Å². The van der Waals surface area contributed by atoms with Crippen LogP contribution in [0.4, 0.5) is 11.5 Å². The zero-order chi connectivity index (χ0) is 21.1. The smallest absolute Gasteiger partial charge is 0.132 e. The molecule has 8 nitrogen and oxygen atoms in total. The Balaban J connectivity index is 1.46. The first-order valence-corrected chi connectivity index (χ1v) is 10.2. The Morgan fingerprint density at radius 1 is 1.07 bits per heavy atom. The van der Waals surface area contributed by atoms with Crippen molar-refractivity contribution in [1.29, 1.82) is 5.41 Å². The molecule has 4 rings (SSSR count). The number of hydrogen-bond donors (Lipinski definition) is 1. The molecule has 1 aliphatic rings. The SMILES string of the molecule is CC(C)Oc1cccc(C(=N)c2cc(N3CCN(c4cnn(C)c4)CC3)ncn2)c1. The van der Waals surface area contributed by atoms with Crippen LogP contribution in [0.25, 0.3) is 0 Å². The molecule has 0 spiro atoms. The number of anilines is 2. The summed E-state index contributed by atoms with van der Waals surface area (Å²) in [5.41, 5.74) is 2.89. The number of ether oxygens (including phenoxy) is 1. The average Bonchev–Trinajstić information content (AvgIpc) is 3.19. The zero-order valence-corrected chi connectivity index (χ0v) is 17.6. The number of nitrogens with one attached hydrogen (secondary N) is 1. The molecule has 1 saturated heterocycles. The quantitative estimate of drug-likeness (QED) is 0.635. The first-order chi connectivity index (χ1) is 14.5. The van der Waals surface area contributed by atoms with Gasteiger partial charge in [-0.15, -0.1) is 0 Å². The maximum Gasteiger partial charge on any atom is 0.132 e. The maximum absolute atomic E-state index is 8.63. The van der Waals surface area contributed by atoms with Crippen molar-refractivity contribution in [3.8, 4) is 5.75 Å². The minimum Gasteiger partial charge on any atom is -0.491 e. The number of rotatable bonds is 6. The van der Waals surface area contributed by atoms with Crippen molar-refractivity contribution in [2.75, 3.05) is 36.0 Å². The topological polar surface area (TPSA) is 83.2 Å². The molecule has 0 aliphatic carbocycles. The van der Waals surface area contributed by atoms with Gasteiger partial charge in [-0.25, -0.2) is 9.97 Å². The molecule has 1 N–H and O–H groups in total. The monoisotopic (exact) mass is 405 g/mol. The van der Waals surface area contributed by atoms with Gasteiger partial charge >= 0.3 is 0 Å². The highest BCUT2D eigenvalue weighted by atomic mass is 16.5. The second-order valence-corrected chi connectivity index (χ2v) is 7.68. The van der Waals surface area contributed by atoms with Gasteiger partial charge in [0, 0.05) is 51.1 Å². The van der Waals surface area contributed by atoms with E-state index in [1.807, 2.05) is 68.3 Å². The highest BCUT2D eigenvalue weighted by Crippen LogP contribution is 2.21. The van der Waals surface area contributed by atoms with Gasteiger partial charge in [0.2, 0.25) is 0 Å². The third kappa shape index (κ3) is 4.42. The van der Waals surface area contributed by atoms with Crippen molar-refractivity contribution in [3.63, 3.8) is 0 Å². The summed E-state index contributed by atoms with van der Waals surface area (Å²) in [5.74, 6) is 1.61. The summed E-state index contributed by atoms with van der Waals surface area (Å²) < 4.78 is 7.58. The van der Waals surface area contributed by atoms with E-state index in [4.69, 9.17) is 10.1 Å². The first-order valence-electron chi connectivity index (χ1n) is 10.2. The maximum atomic E-state index is 8.63. The van der Waals surface area contributed by atoms with Crippen molar-refractivity contribution in [2.45, 2.75) is 20.0 Å². The number of nitrogens with zero attached hydrogens (tertiary/aromatic N) is 6. The zero-order valence-electron chi connectivity index (χ0n) is 17.6. The van der Waals surface area contributed by atoms with E-state index in [1.54, 1.807) is 6.33 Å². The normalized spacial score (nSPS) is 14.3. The molecule has 30 heavy (non-hydrogen) atoms. The summed E-state index contributed by atoms with van der Waals surface area (Å²) in [5, 5.41) is 12.9. The van der Waals surface area contributed by atoms with E-state index in [2.05, 4.69) is 24.9 Å². The van der Waals surface area contributed by atoms with Gasteiger partial charge in [0.25, 0.3) is 0 Å². The van der Waals surface area contributed by atoms with Crippen LogP contribution in [0.5, 0.6) is 5.75 Å². The van der Waals surface area contributed by atoms with Crippen LogP contribution in [0.15, 0.2) is 49.1 Å². The lowest BCUT2D eigenvalue weighted by Crippen LogP contribution is -2.46. The largest absolute Gasteiger partial charge is 0.491 e. The summed E-state index contributed by atoms with van der Waals surface area (Å²) in [6, 6.07) is 9.50. The van der Waals surface area contributed by atoms with Crippen molar-refractivity contribution >= 4 is 17.2 Å². The molecule has 156 valence electrons. The van der Waals surface area contributed by atoms with Crippen LogP contribution in [0, 0.1) is 5.41 Å². The van der Waals surface area contributed by atoms with Gasteiger partial charge in [-0.2, -0.15) is 5.10 Å². The molecular formula is C22H27N7O. The van der Waals surface area contributed by atoms with Crippen LogP contribution in [-0.4, -0.2) is 57.7 Å². The Bertz CT molecular complexity index is 1020. The second-order valence-electron chi connectivity index (χ2n) is 7.68. The molecular weight excluding hydrogens is 378 g/mol. The van der Waals surface area contributed by atoms with E-state index in [-0.39, 0.29) is 6.10 Å². The molecule has 0 atom stereocenters. The Morgan fingerprint density at radius 2 is 1.83 bits per heavy atom. The fourth-order valence-corrected chi connectivity index (χ4v) is 3.57. The summed E-state index contributed by atoms with van der Waals surface area (Å²) in [6.07, 6.45) is 5.57. The summed E-state index contributed by atoms with van der Waals surface area (Å²) in [4.78, 5) is 13.4. The van der Waals surface area contributed by atoms with Gasteiger partial charge in [0.05, 0.1) is 29.4 Å². The van der Waals surface area contributed by atoms with Crippen LogP contribution in [0.3, 0.4) is 0 Å². The lowest BCUT2D eigenvalue weighted by Gasteiger charge is -2.36. The number of hydrogen-bond acceptors (Lipinski definition) is 7. The predicted molar refractivity (Wildman–Crippen MR) is 118 cm³/mol. The lowest BCUT2D eigenvalue weighted by molar-refractivity contribution is 0.242. The Hall–Kier alpha value is -3.42. The fourth-order valence-electron chi connectivity index (χ4n) is 3.57. The van der Waals surface area contributed by atoms with Gasteiger partial charge in [-0.3, -0.25) is 10.1 Å². The number of aromatic nitrogens is 4. The third-order valence-corrected chi connectivity index (χ3v) is 5.06. The Labute approximate surface area is 176 Å². The Morgan fingerprint density at radius 3 is 2.53 bits per heavy atom. The molecule has 3 aromatic rings. The highest BCUT2D eigenvalue weighted by Gasteiger charge is 2.20. The fraction of sp³-hybridized carbons (Fsp3) is 0.364. The minimum atomic E-state index is 0.0884. The van der Waals surface area contributed by atoms with Gasteiger partial charge < -0.3 is 14.5 Å². The molecule has 1 aromatic carbocycles. The minimum absolute atomic E-state index is 0.0884. The standard InChI is InChI=1S/C22H27N7O/c1-16(2)30-19-6-4-5-17(11-19)22(23)20-12-21(25-15-24-20)29-9-7-28(8-10-29)18-13-26-27(3)14-18/h4-6,11-16,23H,7-10H2,1-3H3. The van der Waals surface area contributed by atoms with Crippen molar-refractivity contribution in [3.05, 3.63) is 60.3 Å². The molecule has 0 amide bonds. The molecule has 0 bridgehead atoms. The third-order valence-electron chi connectivity index (χ3n) is 5.06. The molecule has 0 unspecified atom stereocenters. The van der Waals surface area contributed by atoms with Gasteiger partial charge in [-0.05, 0) is 26.0 Å². The van der Waals surface area contributed by atoms with Gasteiger partial charge in [-0.1, -0.05) is 12.1 Å². The number of benzene rings is 1. The Kier molecular flexibility index (Phi) is 5.65. The molecule has 1 aliphatic heterocycles. The molecule has 0 saturated carbocycles. The summed E-state index contributed by atoms with van der Waals surface area (Å²) in [7, 11) is 1.93. The van der Waals surface area contributed by atoms with Gasteiger partial charge in [0.1, 0.15) is 17.9 Å². The van der Waals surface area contributed by atoms with Crippen molar-refractivity contribution < 1.29 is 4.74 Å². The average molecular weight is 406 g/mol. The van der Waals surface area contributed by atoms with E-state index >= 15 is 0 Å². The molecule has 3 heterocycles. The number of piperazine rings is 1. The molecule has 0 radical (unpaired) electrons. The molecule has 2 aromatic heterocycles. The van der Waals surface area contributed by atoms with E-state index in [0.29, 0.717) is 11.4 Å². The van der Waals surface area contributed by atoms with Crippen LogP contribution in [0.2, 0.25) is 0 Å². The molecule has 1 fully saturated rings. The van der Waals surface area contributed by atoms with E-state index < -0.39 is 0 Å². The van der Waals surface area contributed by atoms with E-state index in [9.17, 15) is 0 Å². The predicted octanol–water partition coefficient (Wildman–Crippen LogP) is 2.74. The second kappa shape index (κ2) is 8.52.